The molecule has 0 saturated carbocycles. The molecule has 4 heteroatoms. The van der Waals surface area contributed by atoms with Gasteiger partial charge in [0.05, 0.1) is 0 Å². The molecule has 0 aliphatic heterocycles. The molecule has 0 spiro atoms. The zero-order valence-corrected chi connectivity index (χ0v) is 9.68. The van der Waals surface area contributed by atoms with Gasteiger partial charge in [-0.2, -0.15) is 0 Å². The van der Waals surface area contributed by atoms with E-state index in [2.05, 4.69) is 50.4 Å². The van der Waals surface area contributed by atoms with Gasteiger partial charge in [-0.3, -0.25) is 0 Å². The predicted molar refractivity (Wildman–Crippen MR) is 59.6 cm³/mol. The van der Waals surface area contributed by atoms with Crippen molar-refractivity contribution in [1.29, 1.82) is 0 Å². The number of hydrogen-bond donors (Lipinski definition) is 0. The van der Waals surface area contributed by atoms with E-state index in [1.807, 2.05) is 0 Å². The molecule has 1 aromatic heterocycles. The maximum Gasteiger partial charge on any atom is 0.183 e. The minimum absolute atomic E-state index is 0.481. The molecule has 2 nitrogen and oxygen atoms in total. The predicted octanol–water partition coefficient (Wildman–Crippen LogP) is 2.99. The lowest BCUT2D eigenvalue weighted by Gasteiger charge is -2.27. The van der Waals surface area contributed by atoms with E-state index in [-0.39, 0.29) is 0 Å². The van der Waals surface area contributed by atoms with Crippen LogP contribution in [0.3, 0.4) is 0 Å². The zero-order valence-electron chi connectivity index (χ0n) is 7.27. The Bertz CT molecular complexity index is 480. The third kappa shape index (κ3) is 1.21. The Morgan fingerprint density at radius 2 is 2.14 bits per heavy atom. The molecule has 70 valence electrons. The third-order valence-corrected chi connectivity index (χ3v) is 4.04. The first-order valence-electron chi connectivity index (χ1n) is 4.41. The van der Waals surface area contributed by atoms with Gasteiger partial charge in [-0.1, -0.05) is 35.6 Å². The summed E-state index contributed by atoms with van der Waals surface area (Å²) in [5.74, 6) is 0.481. The third-order valence-electron chi connectivity index (χ3n) is 2.57. The van der Waals surface area contributed by atoms with E-state index in [1.165, 1.54) is 11.1 Å². The quantitative estimate of drug-likeness (QED) is 0.793. The lowest BCUT2D eigenvalue weighted by Crippen LogP contribution is -2.17. The number of aromatic nitrogens is 2. The van der Waals surface area contributed by atoms with Gasteiger partial charge in [0.15, 0.2) is 3.92 Å². The fourth-order valence-corrected chi connectivity index (χ4v) is 3.10. The van der Waals surface area contributed by atoms with E-state index in [1.54, 1.807) is 11.3 Å². The molecule has 1 aromatic carbocycles. The summed E-state index contributed by atoms with van der Waals surface area (Å²) in [4.78, 5) is 0. The van der Waals surface area contributed by atoms with E-state index in [0.29, 0.717) is 5.92 Å². The van der Waals surface area contributed by atoms with Crippen molar-refractivity contribution in [3.8, 4) is 0 Å². The summed E-state index contributed by atoms with van der Waals surface area (Å²) in [6.07, 6.45) is 1.11. The van der Waals surface area contributed by atoms with Crippen molar-refractivity contribution in [1.82, 2.24) is 10.2 Å². The maximum atomic E-state index is 4.16. The lowest BCUT2D eigenvalue weighted by atomic mass is 9.78. The Morgan fingerprint density at radius 3 is 2.86 bits per heavy atom. The van der Waals surface area contributed by atoms with Crippen LogP contribution in [0.4, 0.5) is 0 Å². The summed E-state index contributed by atoms with van der Waals surface area (Å²) in [5, 5.41) is 9.26. The molecule has 1 unspecified atom stereocenters. The lowest BCUT2D eigenvalue weighted by molar-refractivity contribution is 0.692. The summed E-state index contributed by atoms with van der Waals surface area (Å²) < 4.78 is 0.872. The van der Waals surface area contributed by atoms with Crippen LogP contribution in [-0.4, -0.2) is 10.2 Å². The first kappa shape index (κ1) is 8.56. The Labute approximate surface area is 94.1 Å². The molecule has 0 radical (unpaired) electrons. The van der Waals surface area contributed by atoms with E-state index >= 15 is 0 Å². The largest absolute Gasteiger partial charge is 0.183 e. The van der Waals surface area contributed by atoms with Crippen LogP contribution in [-0.2, 0) is 6.42 Å². The molecule has 14 heavy (non-hydrogen) atoms. The van der Waals surface area contributed by atoms with Crippen LogP contribution in [0.15, 0.2) is 28.2 Å². The molecule has 1 aliphatic carbocycles. The van der Waals surface area contributed by atoms with Gasteiger partial charge >= 0.3 is 0 Å². The second-order valence-corrected chi connectivity index (χ2v) is 5.63. The van der Waals surface area contributed by atoms with Crippen molar-refractivity contribution < 1.29 is 0 Å². The number of rotatable bonds is 1. The summed E-state index contributed by atoms with van der Waals surface area (Å²) in [6.45, 7) is 0. The SMILES string of the molecule is Brc1nnc(C2Cc3ccccc32)s1. The van der Waals surface area contributed by atoms with Crippen LogP contribution in [0.25, 0.3) is 0 Å². The van der Waals surface area contributed by atoms with Crippen LogP contribution in [0, 0.1) is 0 Å². The first-order chi connectivity index (χ1) is 6.84. The van der Waals surface area contributed by atoms with Gasteiger partial charge in [0, 0.05) is 5.92 Å². The molecule has 2 aromatic rings. The summed E-state index contributed by atoms with van der Waals surface area (Å²) in [7, 11) is 0. The van der Waals surface area contributed by atoms with Gasteiger partial charge in [-0.25, -0.2) is 0 Å². The average Bonchev–Trinajstić information content (AvgIpc) is 2.54. The number of hydrogen-bond acceptors (Lipinski definition) is 3. The molecule has 1 heterocycles. The van der Waals surface area contributed by atoms with Crippen molar-refractivity contribution in [3.63, 3.8) is 0 Å². The van der Waals surface area contributed by atoms with Gasteiger partial charge in [0.2, 0.25) is 0 Å². The molecular formula is C10H7BrN2S. The van der Waals surface area contributed by atoms with Gasteiger partial charge in [0.1, 0.15) is 5.01 Å². The van der Waals surface area contributed by atoms with Gasteiger partial charge in [-0.05, 0) is 33.5 Å². The van der Waals surface area contributed by atoms with Crippen molar-refractivity contribution >= 4 is 27.3 Å². The van der Waals surface area contributed by atoms with Crippen molar-refractivity contribution in [2.24, 2.45) is 0 Å². The highest BCUT2D eigenvalue weighted by Gasteiger charge is 2.29. The van der Waals surface area contributed by atoms with E-state index in [4.69, 9.17) is 0 Å². The average molecular weight is 267 g/mol. The second kappa shape index (κ2) is 3.14. The smallest absolute Gasteiger partial charge is 0.142 e. The van der Waals surface area contributed by atoms with Crippen LogP contribution in [0.5, 0.6) is 0 Å². The molecule has 0 bridgehead atoms. The van der Waals surface area contributed by atoms with E-state index in [9.17, 15) is 0 Å². The number of halogens is 1. The van der Waals surface area contributed by atoms with Gasteiger partial charge in [0.25, 0.3) is 0 Å². The summed E-state index contributed by atoms with van der Waals surface area (Å²) >= 11 is 4.97. The summed E-state index contributed by atoms with van der Waals surface area (Å²) in [5.41, 5.74) is 2.86. The number of nitrogens with zero attached hydrogens (tertiary/aromatic N) is 2. The Hall–Kier alpha value is -0.740. The van der Waals surface area contributed by atoms with Crippen molar-refractivity contribution in [2.45, 2.75) is 12.3 Å². The summed E-state index contributed by atoms with van der Waals surface area (Å²) in [6, 6.07) is 8.53. The topological polar surface area (TPSA) is 25.8 Å². The molecule has 1 atom stereocenters. The van der Waals surface area contributed by atoms with Crippen LogP contribution in [0.2, 0.25) is 0 Å². The van der Waals surface area contributed by atoms with Crippen LogP contribution >= 0.6 is 27.3 Å². The van der Waals surface area contributed by atoms with Crippen LogP contribution < -0.4 is 0 Å². The second-order valence-electron chi connectivity index (χ2n) is 3.35. The normalized spacial score (nSPS) is 18.8. The van der Waals surface area contributed by atoms with E-state index in [0.717, 1.165) is 15.3 Å². The fourth-order valence-electron chi connectivity index (χ4n) is 1.84. The Morgan fingerprint density at radius 1 is 1.29 bits per heavy atom. The standard InChI is InChI=1S/C10H7BrN2S/c11-10-13-12-9(14-10)8-5-6-3-1-2-4-7(6)8/h1-4,8H,5H2. The van der Waals surface area contributed by atoms with Gasteiger partial charge < -0.3 is 0 Å². The van der Waals surface area contributed by atoms with Crippen molar-refractivity contribution in [3.05, 3.63) is 44.3 Å². The minimum Gasteiger partial charge on any atom is -0.142 e. The molecule has 0 amide bonds. The minimum atomic E-state index is 0.481. The first-order valence-corrected chi connectivity index (χ1v) is 6.02. The number of benzene rings is 1. The van der Waals surface area contributed by atoms with Crippen molar-refractivity contribution in [2.75, 3.05) is 0 Å². The molecule has 3 rings (SSSR count). The van der Waals surface area contributed by atoms with Crippen LogP contribution in [0.1, 0.15) is 22.1 Å². The highest BCUT2D eigenvalue weighted by atomic mass is 79.9. The molecule has 0 fully saturated rings. The number of fused-ring (bicyclic) bond motifs is 1. The highest BCUT2D eigenvalue weighted by Crippen LogP contribution is 2.41. The monoisotopic (exact) mass is 266 g/mol. The molecule has 0 saturated heterocycles. The molecule has 1 aliphatic rings. The highest BCUT2D eigenvalue weighted by molar-refractivity contribution is 9.11. The Balaban J connectivity index is 1.99. The van der Waals surface area contributed by atoms with Gasteiger partial charge in [-0.15, -0.1) is 10.2 Å². The molecular weight excluding hydrogens is 260 g/mol. The maximum absolute atomic E-state index is 4.16. The fraction of sp³-hybridized carbons (Fsp3) is 0.200. The molecule has 0 N–H and O–H groups in total. The Kier molecular flexibility index (Phi) is 1.92. The van der Waals surface area contributed by atoms with E-state index < -0.39 is 0 Å². The zero-order chi connectivity index (χ0) is 9.54.